The minimum absolute atomic E-state index is 0.278. The van der Waals surface area contributed by atoms with Gasteiger partial charge in [-0.2, -0.15) is 4.98 Å². The largest absolute Gasteiger partial charge is 0.493 e. The molecule has 29 heavy (non-hydrogen) atoms. The number of benzene rings is 2. The van der Waals surface area contributed by atoms with Crippen LogP contribution in [0.1, 0.15) is 0 Å². The standard InChI is InChI=1S/C20H16ClN5O3/c1-27-16-9-7-14(11-17(16)28-2)22-18-10-8-15(24-25-18)20-23-19(26-29-20)12-3-5-13(21)6-4-12/h3-11H,1-2H3,(H,22,25). The van der Waals surface area contributed by atoms with E-state index < -0.39 is 0 Å². The van der Waals surface area contributed by atoms with Crippen LogP contribution in [-0.2, 0) is 0 Å². The van der Waals surface area contributed by atoms with Crippen LogP contribution in [0.3, 0.4) is 0 Å². The van der Waals surface area contributed by atoms with E-state index in [9.17, 15) is 0 Å². The average molecular weight is 410 g/mol. The quantitative estimate of drug-likeness (QED) is 0.493. The highest BCUT2D eigenvalue weighted by Crippen LogP contribution is 2.31. The van der Waals surface area contributed by atoms with Crippen LogP contribution < -0.4 is 14.8 Å². The molecular weight excluding hydrogens is 394 g/mol. The number of rotatable bonds is 6. The molecule has 4 rings (SSSR count). The Morgan fingerprint density at radius 1 is 0.897 bits per heavy atom. The van der Waals surface area contributed by atoms with Crippen molar-refractivity contribution in [2.24, 2.45) is 0 Å². The van der Waals surface area contributed by atoms with Gasteiger partial charge in [0.15, 0.2) is 23.0 Å². The van der Waals surface area contributed by atoms with Gasteiger partial charge >= 0.3 is 0 Å². The average Bonchev–Trinajstić information content (AvgIpc) is 3.25. The normalized spacial score (nSPS) is 10.6. The van der Waals surface area contributed by atoms with E-state index in [0.717, 1.165) is 11.3 Å². The summed E-state index contributed by atoms with van der Waals surface area (Å²) >= 11 is 5.90. The Morgan fingerprint density at radius 3 is 2.38 bits per heavy atom. The first-order chi connectivity index (χ1) is 14.2. The number of nitrogens with one attached hydrogen (secondary N) is 1. The van der Waals surface area contributed by atoms with Crippen molar-refractivity contribution < 1.29 is 14.0 Å². The van der Waals surface area contributed by atoms with Gasteiger partial charge in [0, 0.05) is 22.3 Å². The van der Waals surface area contributed by atoms with Crippen LogP contribution in [0, 0.1) is 0 Å². The van der Waals surface area contributed by atoms with E-state index in [1.807, 2.05) is 24.3 Å². The fraction of sp³-hybridized carbons (Fsp3) is 0.100. The molecule has 0 fully saturated rings. The molecule has 146 valence electrons. The summed E-state index contributed by atoms with van der Waals surface area (Å²) in [4.78, 5) is 4.36. The summed E-state index contributed by atoms with van der Waals surface area (Å²) in [7, 11) is 3.17. The molecule has 0 radical (unpaired) electrons. The summed E-state index contributed by atoms with van der Waals surface area (Å²) in [5, 5.41) is 16.1. The zero-order valence-corrected chi connectivity index (χ0v) is 16.3. The number of hydrogen-bond donors (Lipinski definition) is 1. The molecular formula is C20H16ClN5O3. The van der Waals surface area contributed by atoms with Gasteiger partial charge in [0.1, 0.15) is 0 Å². The molecule has 0 unspecified atom stereocenters. The summed E-state index contributed by atoms with van der Waals surface area (Å²) in [6.45, 7) is 0. The summed E-state index contributed by atoms with van der Waals surface area (Å²) in [5.41, 5.74) is 2.05. The minimum atomic E-state index is 0.278. The number of aromatic nitrogens is 4. The Morgan fingerprint density at radius 2 is 1.69 bits per heavy atom. The highest BCUT2D eigenvalue weighted by molar-refractivity contribution is 6.30. The van der Waals surface area contributed by atoms with Gasteiger partial charge in [0.05, 0.1) is 14.2 Å². The van der Waals surface area contributed by atoms with Gasteiger partial charge in [0.25, 0.3) is 5.89 Å². The van der Waals surface area contributed by atoms with Gasteiger partial charge in [-0.1, -0.05) is 16.8 Å². The van der Waals surface area contributed by atoms with Crippen molar-refractivity contribution in [2.45, 2.75) is 0 Å². The van der Waals surface area contributed by atoms with E-state index >= 15 is 0 Å². The molecule has 0 saturated carbocycles. The molecule has 1 N–H and O–H groups in total. The zero-order valence-electron chi connectivity index (χ0n) is 15.6. The van der Waals surface area contributed by atoms with Crippen molar-refractivity contribution in [2.75, 3.05) is 19.5 Å². The van der Waals surface area contributed by atoms with Gasteiger partial charge < -0.3 is 19.3 Å². The van der Waals surface area contributed by atoms with Crippen LogP contribution in [0.25, 0.3) is 23.0 Å². The smallest absolute Gasteiger partial charge is 0.278 e. The summed E-state index contributed by atoms with van der Waals surface area (Å²) in [5.74, 6) is 2.54. The highest BCUT2D eigenvalue weighted by Gasteiger charge is 2.13. The molecule has 0 amide bonds. The van der Waals surface area contributed by atoms with Gasteiger partial charge in [-0.3, -0.25) is 0 Å². The molecule has 0 atom stereocenters. The number of nitrogens with zero attached hydrogens (tertiary/aromatic N) is 4. The number of hydrogen-bond acceptors (Lipinski definition) is 8. The maximum atomic E-state index is 5.90. The van der Waals surface area contributed by atoms with Crippen molar-refractivity contribution in [3.63, 3.8) is 0 Å². The molecule has 0 saturated heterocycles. The van der Waals surface area contributed by atoms with E-state index in [2.05, 4.69) is 25.7 Å². The number of methoxy groups -OCH3 is 2. The van der Waals surface area contributed by atoms with Crippen LogP contribution in [0.4, 0.5) is 11.5 Å². The second kappa shape index (κ2) is 8.15. The first kappa shape index (κ1) is 18.7. The Hall–Kier alpha value is -3.65. The van der Waals surface area contributed by atoms with Gasteiger partial charge in [-0.05, 0) is 48.5 Å². The summed E-state index contributed by atoms with van der Waals surface area (Å²) < 4.78 is 15.8. The van der Waals surface area contributed by atoms with Gasteiger partial charge in [0.2, 0.25) is 5.82 Å². The van der Waals surface area contributed by atoms with E-state index in [0.29, 0.717) is 33.9 Å². The molecule has 2 heterocycles. The number of anilines is 2. The van der Waals surface area contributed by atoms with Crippen molar-refractivity contribution in [1.82, 2.24) is 20.3 Å². The monoisotopic (exact) mass is 409 g/mol. The van der Waals surface area contributed by atoms with Crippen molar-refractivity contribution >= 4 is 23.1 Å². The lowest BCUT2D eigenvalue weighted by Gasteiger charge is -2.10. The van der Waals surface area contributed by atoms with Gasteiger partial charge in [-0.25, -0.2) is 0 Å². The van der Waals surface area contributed by atoms with Crippen LogP contribution >= 0.6 is 11.6 Å². The zero-order chi connectivity index (χ0) is 20.2. The predicted molar refractivity (Wildman–Crippen MR) is 109 cm³/mol. The maximum Gasteiger partial charge on any atom is 0.278 e. The fourth-order valence-electron chi connectivity index (χ4n) is 2.62. The van der Waals surface area contributed by atoms with E-state index in [1.165, 1.54) is 0 Å². The maximum absolute atomic E-state index is 5.90. The van der Waals surface area contributed by atoms with E-state index in [1.54, 1.807) is 44.6 Å². The van der Waals surface area contributed by atoms with Crippen LogP contribution in [0.5, 0.6) is 11.5 Å². The second-order valence-electron chi connectivity index (χ2n) is 5.93. The topological polar surface area (TPSA) is 95.2 Å². The Bertz CT molecular complexity index is 1110. The molecule has 0 aliphatic rings. The summed E-state index contributed by atoms with van der Waals surface area (Å²) in [6, 6.07) is 16.2. The molecule has 9 heteroatoms. The van der Waals surface area contributed by atoms with E-state index in [4.69, 9.17) is 25.6 Å². The fourth-order valence-corrected chi connectivity index (χ4v) is 2.74. The molecule has 0 aliphatic heterocycles. The Labute approximate surface area is 171 Å². The van der Waals surface area contributed by atoms with E-state index in [-0.39, 0.29) is 5.89 Å². The molecule has 8 nitrogen and oxygen atoms in total. The molecule has 2 aromatic heterocycles. The third kappa shape index (κ3) is 4.12. The van der Waals surface area contributed by atoms with Crippen LogP contribution in [0.15, 0.2) is 59.1 Å². The second-order valence-corrected chi connectivity index (χ2v) is 6.37. The Balaban J connectivity index is 1.50. The molecule has 0 aliphatic carbocycles. The molecule has 4 aromatic rings. The lowest BCUT2D eigenvalue weighted by Crippen LogP contribution is -1.98. The molecule has 2 aromatic carbocycles. The lowest BCUT2D eigenvalue weighted by molar-refractivity contribution is 0.355. The van der Waals surface area contributed by atoms with Crippen LogP contribution in [-0.4, -0.2) is 34.6 Å². The number of ether oxygens (including phenoxy) is 2. The van der Waals surface area contributed by atoms with Crippen molar-refractivity contribution in [1.29, 1.82) is 0 Å². The summed E-state index contributed by atoms with van der Waals surface area (Å²) in [6.07, 6.45) is 0. The SMILES string of the molecule is COc1ccc(Nc2ccc(-c3nc(-c4ccc(Cl)cc4)no3)nn2)cc1OC. The predicted octanol–water partition coefficient (Wildman–Crippen LogP) is 4.61. The number of halogens is 1. The Kier molecular flexibility index (Phi) is 5.26. The molecule has 0 bridgehead atoms. The first-order valence-corrected chi connectivity index (χ1v) is 8.97. The lowest BCUT2D eigenvalue weighted by atomic mass is 10.2. The van der Waals surface area contributed by atoms with Gasteiger partial charge in [-0.15, -0.1) is 10.2 Å². The van der Waals surface area contributed by atoms with Crippen molar-refractivity contribution in [3.8, 4) is 34.5 Å². The molecule has 0 spiro atoms. The highest BCUT2D eigenvalue weighted by atomic mass is 35.5. The first-order valence-electron chi connectivity index (χ1n) is 8.59. The van der Waals surface area contributed by atoms with Crippen molar-refractivity contribution in [3.05, 3.63) is 59.6 Å². The van der Waals surface area contributed by atoms with Crippen LogP contribution in [0.2, 0.25) is 5.02 Å². The third-order valence-corrected chi connectivity index (χ3v) is 4.32. The third-order valence-electron chi connectivity index (χ3n) is 4.07. The minimum Gasteiger partial charge on any atom is -0.493 e.